The van der Waals surface area contributed by atoms with Crippen molar-refractivity contribution in [3.05, 3.63) is 23.1 Å². The number of hydrogen-bond acceptors (Lipinski definition) is 5. The molecule has 0 saturated carbocycles. The van der Waals surface area contributed by atoms with Crippen molar-refractivity contribution in [2.24, 2.45) is 4.99 Å². The standard InChI is InChI=1S/C7H9N4OS/c1-5-2-7(13)11-6(8-5)3-10(4-12)9-11/h2-3,9,12H,4H2,1H3. The van der Waals surface area contributed by atoms with E-state index in [9.17, 15) is 0 Å². The molecule has 0 unspecified atom stereocenters. The van der Waals surface area contributed by atoms with Crippen LogP contribution in [-0.4, -0.2) is 27.6 Å². The Kier molecular flexibility index (Phi) is 1.95. The Morgan fingerprint density at radius 3 is 3.15 bits per heavy atom. The number of nitrogens with one attached hydrogen (secondary N) is 1. The van der Waals surface area contributed by atoms with E-state index >= 15 is 0 Å². The highest BCUT2D eigenvalue weighted by Crippen LogP contribution is 2.23. The minimum atomic E-state index is -0.114. The number of hydrazine groups is 2. The fourth-order valence-corrected chi connectivity index (χ4v) is 1.48. The summed E-state index contributed by atoms with van der Waals surface area (Å²) in [4.78, 5) is 4.24. The molecule has 2 N–H and O–H groups in total. The molecule has 13 heavy (non-hydrogen) atoms. The first kappa shape index (κ1) is 8.49. The normalized spacial score (nSPS) is 20.9. The zero-order valence-corrected chi connectivity index (χ0v) is 7.88. The summed E-state index contributed by atoms with van der Waals surface area (Å²) in [5.41, 5.74) is 3.73. The molecule has 6 heteroatoms. The maximum atomic E-state index is 8.86. The maximum Gasteiger partial charge on any atom is 0.167 e. The van der Waals surface area contributed by atoms with E-state index in [1.54, 1.807) is 17.3 Å². The number of nitrogens with zero attached hydrogens (tertiary/aromatic N) is 3. The number of aliphatic imine (C=N–C) groups is 1. The molecule has 0 bridgehead atoms. The van der Waals surface area contributed by atoms with Crippen LogP contribution in [0.4, 0.5) is 0 Å². The van der Waals surface area contributed by atoms with Crippen LogP contribution in [0, 0.1) is 0 Å². The van der Waals surface area contributed by atoms with Gasteiger partial charge in [-0.1, -0.05) is 12.6 Å². The molecule has 0 spiro atoms. The van der Waals surface area contributed by atoms with Crippen LogP contribution >= 0.6 is 12.6 Å². The van der Waals surface area contributed by atoms with E-state index < -0.39 is 0 Å². The second-order valence-electron chi connectivity index (χ2n) is 2.77. The van der Waals surface area contributed by atoms with Gasteiger partial charge in [-0.05, 0) is 13.0 Å². The molecule has 0 aromatic rings. The average Bonchev–Trinajstić information content (AvgIpc) is 2.47. The van der Waals surface area contributed by atoms with Gasteiger partial charge in [-0.25, -0.2) is 10.0 Å². The molecular formula is C7H9N4OS. The van der Waals surface area contributed by atoms with Gasteiger partial charge in [0.15, 0.2) is 5.82 Å². The van der Waals surface area contributed by atoms with Crippen molar-refractivity contribution in [2.75, 3.05) is 6.73 Å². The van der Waals surface area contributed by atoms with Crippen LogP contribution < -0.4 is 5.53 Å². The lowest BCUT2D eigenvalue weighted by atomic mass is 10.3. The molecule has 2 rings (SSSR count). The van der Waals surface area contributed by atoms with Gasteiger partial charge in [-0.2, -0.15) is 0 Å². The van der Waals surface area contributed by atoms with Crippen LogP contribution in [0.15, 0.2) is 28.1 Å². The Bertz CT molecular complexity index is 322. The van der Waals surface area contributed by atoms with Gasteiger partial charge in [-0.3, -0.25) is 5.01 Å². The van der Waals surface area contributed by atoms with Gasteiger partial charge in [0.05, 0.1) is 6.20 Å². The third kappa shape index (κ3) is 1.39. The fourth-order valence-electron chi connectivity index (χ4n) is 1.18. The van der Waals surface area contributed by atoms with Crippen LogP contribution in [0.25, 0.3) is 0 Å². The van der Waals surface area contributed by atoms with Crippen molar-refractivity contribution >= 4 is 18.3 Å². The number of allylic oxidation sites excluding steroid dienone is 1. The Balaban J connectivity index is 2.29. The van der Waals surface area contributed by atoms with Crippen LogP contribution in [0.2, 0.25) is 0 Å². The second kappa shape index (κ2) is 2.99. The topological polar surface area (TPSA) is 51.1 Å². The Morgan fingerprint density at radius 1 is 1.69 bits per heavy atom. The van der Waals surface area contributed by atoms with Crippen LogP contribution in [0.1, 0.15) is 6.92 Å². The minimum absolute atomic E-state index is 0.114. The third-order valence-corrected chi connectivity index (χ3v) is 2.03. The summed E-state index contributed by atoms with van der Waals surface area (Å²) >= 11 is 5.10. The van der Waals surface area contributed by atoms with E-state index in [4.69, 9.17) is 17.7 Å². The summed E-state index contributed by atoms with van der Waals surface area (Å²) in [6.45, 7) is 1.77. The molecule has 0 atom stereocenters. The van der Waals surface area contributed by atoms with Gasteiger partial charge in [0.1, 0.15) is 11.8 Å². The van der Waals surface area contributed by atoms with E-state index in [2.05, 4.69) is 10.5 Å². The first-order chi connectivity index (χ1) is 6.20. The van der Waals surface area contributed by atoms with Crippen molar-refractivity contribution in [2.45, 2.75) is 6.92 Å². The molecule has 0 fully saturated rings. The van der Waals surface area contributed by atoms with E-state index in [1.807, 2.05) is 6.92 Å². The molecule has 1 radical (unpaired) electrons. The molecule has 0 amide bonds. The number of aliphatic hydroxyl groups is 1. The predicted octanol–water partition coefficient (Wildman–Crippen LogP) is 0.286. The Hall–Kier alpha value is -1.11. The van der Waals surface area contributed by atoms with Crippen molar-refractivity contribution in [3.8, 4) is 0 Å². The molecule has 0 aliphatic carbocycles. The molecule has 0 aromatic carbocycles. The van der Waals surface area contributed by atoms with Crippen LogP contribution in [-0.2, 0) is 0 Å². The van der Waals surface area contributed by atoms with E-state index in [0.717, 1.165) is 5.71 Å². The van der Waals surface area contributed by atoms with Crippen molar-refractivity contribution in [1.82, 2.24) is 15.6 Å². The smallest absolute Gasteiger partial charge is 0.167 e. The fraction of sp³-hybridized carbons (Fsp3) is 0.286. The van der Waals surface area contributed by atoms with Gasteiger partial charge in [0.2, 0.25) is 0 Å². The highest BCUT2D eigenvalue weighted by atomic mass is 32.1. The molecule has 5 nitrogen and oxygen atoms in total. The van der Waals surface area contributed by atoms with Gasteiger partial charge in [0, 0.05) is 5.71 Å². The SMILES string of the molecule is CC1=NC2=CN(CO)NN2C([S])=C1. The number of hydrogen-bond donors (Lipinski definition) is 2. The Morgan fingerprint density at radius 2 is 2.46 bits per heavy atom. The molecule has 2 aliphatic heterocycles. The monoisotopic (exact) mass is 197 g/mol. The molecule has 0 aromatic heterocycles. The summed E-state index contributed by atoms with van der Waals surface area (Å²) in [5.74, 6) is 0.707. The molecule has 69 valence electrons. The summed E-state index contributed by atoms with van der Waals surface area (Å²) in [6.07, 6.45) is 3.49. The summed E-state index contributed by atoms with van der Waals surface area (Å²) in [7, 11) is 0. The molecular weight excluding hydrogens is 188 g/mol. The first-order valence-electron chi connectivity index (χ1n) is 3.80. The lowest BCUT2D eigenvalue weighted by Gasteiger charge is -2.23. The van der Waals surface area contributed by atoms with E-state index in [0.29, 0.717) is 10.9 Å². The van der Waals surface area contributed by atoms with Gasteiger partial charge >= 0.3 is 0 Å². The maximum absolute atomic E-state index is 8.86. The summed E-state index contributed by atoms with van der Waals surface area (Å²) < 4.78 is 0. The summed E-state index contributed by atoms with van der Waals surface area (Å²) in [5, 5.41) is 12.6. The molecule has 2 aliphatic rings. The predicted molar refractivity (Wildman–Crippen MR) is 50.8 cm³/mol. The number of rotatable bonds is 1. The van der Waals surface area contributed by atoms with Crippen molar-refractivity contribution in [3.63, 3.8) is 0 Å². The van der Waals surface area contributed by atoms with E-state index in [1.165, 1.54) is 5.01 Å². The molecule has 2 heterocycles. The largest absolute Gasteiger partial charge is 0.375 e. The lowest BCUT2D eigenvalue weighted by Crippen LogP contribution is -2.40. The highest BCUT2D eigenvalue weighted by molar-refractivity contribution is 7.84. The molecule has 0 saturated heterocycles. The zero-order chi connectivity index (χ0) is 9.42. The average molecular weight is 197 g/mol. The first-order valence-corrected chi connectivity index (χ1v) is 4.21. The Labute approximate surface area is 81.4 Å². The number of aliphatic hydroxyl groups excluding tert-OH is 1. The van der Waals surface area contributed by atoms with E-state index in [-0.39, 0.29) is 6.73 Å². The summed E-state index contributed by atoms with van der Waals surface area (Å²) in [6, 6.07) is 0. The highest BCUT2D eigenvalue weighted by Gasteiger charge is 2.24. The lowest BCUT2D eigenvalue weighted by molar-refractivity contribution is 0.0681. The quantitative estimate of drug-likeness (QED) is 0.634. The number of fused-ring (bicyclic) bond motifs is 1. The van der Waals surface area contributed by atoms with Gasteiger partial charge < -0.3 is 5.11 Å². The van der Waals surface area contributed by atoms with Crippen LogP contribution in [0.3, 0.4) is 0 Å². The minimum Gasteiger partial charge on any atom is -0.375 e. The second-order valence-corrected chi connectivity index (χ2v) is 3.19. The van der Waals surface area contributed by atoms with Crippen molar-refractivity contribution in [1.29, 1.82) is 0 Å². The van der Waals surface area contributed by atoms with Crippen LogP contribution in [0.5, 0.6) is 0 Å². The van der Waals surface area contributed by atoms with Gasteiger partial charge in [-0.15, -0.1) is 5.53 Å². The third-order valence-electron chi connectivity index (χ3n) is 1.72. The van der Waals surface area contributed by atoms with Gasteiger partial charge in [0.25, 0.3) is 0 Å². The zero-order valence-electron chi connectivity index (χ0n) is 7.06. The van der Waals surface area contributed by atoms with Crippen molar-refractivity contribution < 1.29 is 5.11 Å².